The summed E-state index contributed by atoms with van der Waals surface area (Å²) in [5.41, 5.74) is 0.351. The second-order valence-corrected chi connectivity index (χ2v) is 9.56. The van der Waals surface area contributed by atoms with E-state index in [-0.39, 0.29) is 17.4 Å². The molecule has 1 heterocycles. The lowest BCUT2D eigenvalue weighted by Gasteiger charge is -2.12. The van der Waals surface area contributed by atoms with E-state index in [0.717, 1.165) is 10.2 Å². The van der Waals surface area contributed by atoms with Gasteiger partial charge in [0.15, 0.2) is 0 Å². The van der Waals surface area contributed by atoms with Crippen molar-refractivity contribution >= 4 is 16.2 Å². The van der Waals surface area contributed by atoms with Gasteiger partial charge in [0.2, 0.25) is 0 Å². The molecule has 3 aromatic rings. The minimum absolute atomic E-state index is 0.0440. The van der Waals surface area contributed by atoms with Crippen molar-refractivity contribution in [1.82, 2.24) is 14.6 Å². The molecule has 0 atom stereocenters. The first-order chi connectivity index (χ1) is 16.5. The number of ether oxygens (including phenoxy) is 1. The summed E-state index contributed by atoms with van der Waals surface area (Å²) in [7, 11) is -2.54. The fourth-order valence-electron chi connectivity index (χ4n) is 3.28. The Labute approximate surface area is 200 Å². The van der Waals surface area contributed by atoms with Crippen LogP contribution in [0.15, 0.2) is 58.5 Å². The van der Waals surface area contributed by atoms with E-state index in [2.05, 4.69) is 15.0 Å². The van der Waals surface area contributed by atoms with Gasteiger partial charge >= 0.3 is 0 Å². The van der Waals surface area contributed by atoms with E-state index in [1.54, 1.807) is 18.2 Å². The van der Waals surface area contributed by atoms with Crippen LogP contribution < -0.4 is 9.57 Å². The van der Waals surface area contributed by atoms with Gasteiger partial charge in [-0.3, -0.25) is 4.68 Å². The van der Waals surface area contributed by atoms with Crippen molar-refractivity contribution in [3.63, 3.8) is 0 Å². The van der Waals surface area contributed by atoms with Crippen LogP contribution in [0.1, 0.15) is 60.7 Å². The molecule has 0 unspecified atom stereocenters. The highest BCUT2D eigenvalue weighted by Gasteiger charge is 2.22. The lowest BCUT2D eigenvalue weighted by Crippen LogP contribution is -2.18. The molecule has 12 heteroatoms. The van der Waals surface area contributed by atoms with Gasteiger partial charge in [0.05, 0.1) is 24.8 Å². The summed E-state index contributed by atoms with van der Waals surface area (Å²) in [5.74, 6) is 0.560. The van der Waals surface area contributed by atoms with Crippen molar-refractivity contribution in [1.29, 1.82) is 0 Å². The number of nitrogens with one attached hydrogen (secondary N) is 1. The number of sulfonamides is 1. The summed E-state index contributed by atoms with van der Waals surface area (Å²) in [6, 6.07) is 11.7. The first-order valence-corrected chi connectivity index (χ1v) is 12.0. The highest BCUT2D eigenvalue weighted by molar-refractivity contribution is 7.89. The highest BCUT2D eigenvalue weighted by atomic mass is 32.2. The Balaban J connectivity index is 1.81. The number of benzene rings is 2. The van der Waals surface area contributed by atoms with Crippen LogP contribution in [-0.2, 0) is 16.6 Å². The Morgan fingerprint density at radius 2 is 1.74 bits per heavy atom. The maximum atomic E-state index is 13.3. The number of aromatic nitrogens is 2. The average Bonchev–Trinajstić information content (AvgIpc) is 3.24. The quantitative estimate of drug-likeness (QED) is 0.228. The predicted octanol–water partition coefficient (Wildman–Crippen LogP) is 5.25. The van der Waals surface area contributed by atoms with Crippen LogP contribution in [0.2, 0.25) is 0 Å². The van der Waals surface area contributed by atoms with Crippen molar-refractivity contribution in [2.75, 3.05) is 7.11 Å². The molecule has 7 nitrogen and oxygen atoms in total. The van der Waals surface area contributed by atoms with Gasteiger partial charge in [-0.25, -0.2) is 22.4 Å². The molecular formula is C23H24F4N4O3S. The summed E-state index contributed by atoms with van der Waals surface area (Å²) in [6.45, 7) is 3.71. The van der Waals surface area contributed by atoms with Crippen molar-refractivity contribution in [2.45, 2.75) is 44.1 Å². The maximum absolute atomic E-state index is 13.3. The Kier molecular flexibility index (Phi) is 8.15. The number of hydrazone groups is 1. The second-order valence-electron chi connectivity index (χ2n) is 7.90. The first kappa shape index (κ1) is 26.2. The fourth-order valence-corrected chi connectivity index (χ4v) is 4.07. The molecular weight excluding hydrogens is 488 g/mol. The van der Waals surface area contributed by atoms with Gasteiger partial charge in [-0.2, -0.15) is 18.6 Å². The van der Waals surface area contributed by atoms with Crippen LogP contribution in [0.3, 0.4) is 0 Å². The predicted molar refractivity (Wildman–Crippen MR) is 123 cm³/mol. The summed E-state index contributed by atoms with van der Waals surface area (Å²) in [6.07, 6.45) is -4.77. The lowest BCUT2D eigenvalue weighted by molar-refractivity contribution is 0.139. The zero-order chi connectivity index (χ0) is 25.8. The van der Waals surface area contributed by atoms with Gasteiger partial charge in [0, 0.05) is 5.56 Å². The molecule has 188 valence electrons. The molecule has 0 fully saturated rings. The molecule has 35 heavy (non-hydrogen) atoms. The van der Waals surface area contributed by atoms with Crippen molar-refractivity contribution < 1.29 is 30.7 Å². The Hall–Kier alpha value is -3.41. The summed E-state index contributed by atoms with van der Waals surface area (Å²) in [4.78, 5) is 2.16. The van der Waals surface area contributed by atoms with Gasteiger partial charge < -0.3 is 4.74 Å². The van der Waals surface area contributed by atoms with Crippen LogP contribution in [-0.4, -0.2) is 31.5 Å². The van der Waals surface area contributed by atoms with Crippen LogP contribution in [0.25, 0.3) is 0 Å². The molecule has 0 spiro atoms. The zero-order valence-electron chi connectivity index (χ0n) is 19.1. The lowest BCUT2D eigenvalue weighted by atomic mass is 10.0. The molecule has 0 bridgehead atoms. The molecule has 3 rings (SSSR count). The van der Waals surface area contributed by atoms with Crippen molar-refractivity contribution in [3.8, 4) is 5.75 Å². The third-order valence-electron chi connectivity index (χ3n) is 5.15. The number of halogens is 4. The van der Waals surface area contributed by atoms with E-state index < -0.39 is 34.3 Å². The SMILES string of the molecule is COc1ccc(/C=N/NS(=O)(=O)c2ccc(C(C)C)cc2)cc1Cn1nc(C(F)F)cc1C(F)F. The first-order valence-electron chi connectivity index (χ1n) is 10.5. The Morgan fingerprint density at radius 3 is 2.31 bits per heavy atom. The van der Waals surface area contributed by atoms with Crippen LogP contribution in [0.5, 0.6) is 5.75 Å². The number of rotatable bonds is 10. The van der Waals surface area contributed by atoms with Gasteiger partial charge in [0.1, 0.15) is 17.1 Å². The summed E-state index contributed by atoms with van der Waals surface area (Å²) >= 11 is 0. The van der Waals surface area contributed by atoms with E-state index in [0.29, 0.717) is 22.9 Å². The van der Waals surface area contributed by atoms with E-state index in [1.165, 1.54) is 37.6 Å². The summed E-state index contributed by atoms with van der Waals surface area (Å²) in [5, 5.41) is 7.36. The molecule has 0 amide bonds. The molecule has 1 aromatic heterocycles. The molecule has 2 aromatic carbocycles. The number of alkyl halides is 4. The topological polar surface area (TPSA) is 85.6 Å². The Bertz CT molecular complexity index is 1290. The zero-order valence-corrected chi connectivity index (χ0v) is 19.9. The molecule has 0 radical (unpaired) electrons. The van der Waals surface area contributed by atoms with Crippen LogP contribution in [0, 0.1) is 0 Å². The fraction of sp³-hybridized carbons (Fsp3) is 0.304. The molecule has 0 saturated carbocycles. The van der Waals surface area contributed by atoms with Crippen molar-refractivity contribution in [3.05, 3.63) is 76.6 Å². The number of methoxy groups -OCH3 is 1. The van der Waals surface area contributed by atoms with Crippen LogP contribution >= 0.6 is 0 Å². The van der Waals surface area contributed by atoms with E-state index in [1.807, 2.05) is 13.8 Å². The van der Waals surface area contributed by atoms with Gasteiger partial charge in [-0.05, 0) is 53.4 Å². The number of nitrogens with zero attached hydrogens (tertiary/aromatic N) is 3. The standard InChI is InChI=1S/C23H24F4N4O3S/c1-14(2)16-5-7-18(8-6-16)35(32,33)30-28-12-15-4-9-21(34-3)17(10-15)13-31-20(23(26)27)11-19(29-31)22(24)25/h4-12,14,22-23,30H,13H2,1-3H3/b28-12+. The highest BCUT2D eigenvalue weighted by Crippen LogP contribution is 2.28. The maximum Gasteiger partial charge on any atom is 0.282 e. The monoisotopic (exact) mass is 512 g/mol. The minimum Gasteiger partial charge on any atom is -0.496 e. The minimum atomic E-state index is -3.91. The molecule has 0 aliphatic rings. The number of hydrogen-bond acceptors (Lipinski definition) is 5. The van der Waals surface area contributed by atoms with E-state index in [4.69, 9.17) is 4.74 Å². The third kappa shape index (κ3) is 6.38. The average molecular weight is 513 g/mol. The second kappa shape index (κ2) is 10.9. The smallest absolute Gasteiger partial charge is 0.282 e. The van der Waals surface area contributed by atoms with Gasteiger partial charge in [-0.1, -0.05) is 26.0 Å². The van der Waals surface area contributed by atoms with Crippen molar-refractivity contribution in [2.24, 2.45) is 5.10 Å². The van der Waals surface area contributed by atoms with E-state index in [9.17, 15) is 26.0 Å². The van der Waals surface area contributed by atoms with Gasteiger partial charge in [-0.15, -0.1) is 0 Å². The largest absolute Gasteiger partial charge is 0.496 e. The van der Waals surface area contributed by atoms with Crippen LogP contribution in [0.4, 0.5) is 17.6 Å². The molecule has 0 aliphatic heterocycles. The Morgan fingerprint density at radius 1 is 1.06 bits per heavy atom. The summed E-state index contributed by atoms with van der Waals surface area (Å²) < 4.78 is 83.6. The number of hydrogen-bond donors (Lipinski definition) is 1. The van der Waals surface area contributed by atoms with E-state index >= 15 is 0 Å². The third-order valence-corrected chi connectivity index (χ3v) is 6.38. The normalized spacial score (nSPS) is 12.3. The molecule has 1 N–H and O–H groups in total. The molecule has 0 saturated heterocycles. The molecule has 0 aliphatic carbocycles. The van der Waals surface area contributed by atoms with Gasteiger partial charge in [0.25, 0.3) is 22.9 Å².